The highest BCUT2D eigenvalue weighted by atomic mass is 35.5. The molecule has 0 aliphatic heterocycles. The smallest absolute Gasteiger partial charge is 0.124 e. The molecule has 3 N–H and O–H groups in total. The second-order valence-corrected chi connectivity index (χ2v) is 3.48. The minimum atomic E-state index is -0.359. The van der Waals surface area contributed by atoms with Gasteiger partial charge in [-0.25, -0.2) is 9.37 Å². The first-order valence-corrected chi connectivity index (χ1v) is 4.78. The zero-order valence-electron chi connectivity index (χ0n) is 7.80. The first kappa shape index (κ1) is 10.1. The van der Waals surface area contributed by atoms with Gasteiger partial charge in [-0.3, -0.25) is 0 Å². The van der Waals surface area contributed by atoms with E-state index in [1.807, 2.05) is 0 Å². The molecule has 1 aromatic carbocycles. The van der Waals surface area contributed by atoms with Gasteiger partial charge in [-0.05, 0) is 18.2 Å². The first-order chi connectivity index (χ1) is 7.20. The fourth-order valence-corrected chi connectivity index (χ4v) is 1.58. The lowest BCUT2D eigenvalue weighted by Crippen LogP contribution is -1.97. The molecule has 2 rings (SSSR count). The van der Waals surface area contributed by atoms with Crippen LogP contribution in [0.1, 0.15) is 5.82 Å². The molecule has 0 unspecified atom stereocenters. The molecule has 15 heavy (non-hydrogen) atoms. The van der Waals surface area contributed by atoms with Crippen molar-refractivity contribution >= 4 is 11.6 Å². The number of benzene rings is 1. The Hall–Kier alpha value is -1.39. The summed E-state index contributed by atoms with van der Waals surface area (Å²) in [6.07, 6.45) is 1.63. The lowest BCUT2D eigenvalue weighted by atomic mass is 10.2. The number of nitrogens with one attached hydrogen (secondary N) is 1. The molecule has 2 aromatic rings. The molecule has 0 aliphatic carbocycles. The fourth-order valence-electron chi connectivity index (χ4n) is 1.31. The van der Waals surface area contributed by atoms with Crippen molar-refractivity contribution in [1.82, 2.24) is 9.97 Å². The summed E-state index contributed by atoms with van der Waals surface area (Å²) in [4.78, 5) is 7.04. The third-order valence-corrected chi connectivity index (χ3v) is 2.36. The maximum atomic E-state index is 12.8. The van der Waals surface area contributed by atoms with E-state index in [-0.39, 0.29) is 5.82 Å². The van der Waals surface area contributed by atoms with Crippen LogP contribution in [0.5, 0.6) is 0 Å². The van der Waals surface area contributed by atoms with Gasteiger partial charge in [0.25, 0.3) is 0 Å². The van der Waals surface area contributed by atoms with Crippen molar-refractivity contribution < 1.29 is 4.39 Å². The Kier molecular flexibility index (Phi) is 2.70. The summed E-state index contributed by atoms with van der Waals surface area (Å²) in [6, 6.07) is 4.22. The molecule has 0 saturated heterocycles. The summed E-state index contributed by atoms with van der Waals surface area (Å²) in [7, 11) is 0. The average molecular weight is 226 g/mol. The zero-order chi connectivity index (χ0) is 10.8. The van der Waals surface area contributed by atoms with E-state index in [1.165, 1.54) is 12.1 Å². The molecule has 1 heterocycles. The van der Waals surface area contributed by atoms with Crippen LogP contribution in [0.2, 0.25) is 5.02 Å². The van der Waals surface area contributed by atoms with Crippen LogP contribution >= 0.6 is 11.6 Å². The standard InChI is InChI=1S/C10H9ClFN3/c11-8-3-6(12)1-2-7(8)9-5-14-10(4-13)15-9/h1-3,5H,4,13H2,(H,14,15). The quantitative estimate of drug-likeness (QED) is 0.824. The minimum Gasteiger partial charge on any atom is -0.341 e. The molecule has 5 heteroatoms. The highest BCUT2D eigenvalue weighted by Gasteiger charge is 2.07. The van der Waals surface area contributed by atoms with Crippen LogP contribution < -0.4 is 5.73 Å². The molecule has 78 valence electrons. The normalized spacial score (nSPS) is 10.6. The number of aromatic nitrogens is 2. The van der Waals surface area contributed by atoms with Crippen LogP contribution in [0, 0.1) is 5.82 Å². The van der Waals surface area contributed by atoms with Gasteiger partial charge in [-0.15, -0.1) is 0 Å². The van der Waals surface area contributed by atoms with Gasteiger partial charge in [0.15, 0.2) is 0 Å². The van der Waals surface area contributed by atoms with Gasteiger partial charge in [-0.2, -0.15) is 0 Å². The number of halogens is 2. The third-order valence-electron chi connectivity index (χ3n) is 2.04. The molecule has 0 amide bonds. The van der Waals surface area contributed by atoms with Crippen LogP contribution in [0.3, 0.4) is 0 Å². The van der Waals surface area contributed by atoms with E-state index >= 15 is 0 Å². The molecule has 0 radical (unpaired) electrons. The van der Waals surface area contributed by atoms with E-state index in [2.05, 4.69) is 9.97 Å². The number of nitrogens with two attached hydrogens (primary N) is 1. The Labute approximate surface area is 91.1 Å². The second-order valence-electron chi connectivity index (χ2n) is 3.07. The number of hydrogen-bond donors (Lipinski definition) is 2. The van der Waals surface area contributed by atoms with E-state index in [0.29, 0.717) is 23.0 Å². The predicted molar refractivity (Wildman–Crippen MR) is 56.9 cm³/mol. The van der Waals surface area contributed by atoms with Gasteiger partial charge in [0.1, 0.15) is 11.6 Å². The summed E-state index contributed by atoms with van der Waals surface area (Å²) in [5.41, 5.74) is 6.87. The number of rotatable bonds is 2. The summed E-state index contributed by atoms with van der Waals surface area (Å²) >= 11 is 5.90. The number of aromatic amines is 1. The first-order valence-electron chi connectivity index (χ1n) is 4.40. The Morgan fingerprint density at radius 2 is 2.27 bits per heavy atom. The van der Waals surface area contributed by atoms with Gasteiger partial charge >= 0.3 is 0 Å². The molecule has 1 aromatic heterocycles. The third kappa shape index (κ3) is 2.00. The van der Waals surface area contributed by atoms with Crippen molar-refractivity contribution in [3.63, 3.8) is 0 Å². The number of nitrogens with zero attached hydrogens (tertiary/aromatic N) is 1. The van der Waals surface area contributed by atoms with Crippen LogP contribution in [0.25, 0.3) is 11.3 Å². The maximum Gasteiger partial charge on any atom is 0.124 e. The zero-order valence-corrected chi connectivity index (χ0v) is 8.55. The molecule has 0 fully saturated rings. The molecular weight excluding hydrogens is 217 g/mol. The monoisotopic (exact) mass is 225 g/mol. The molecular formula is C10H9ClFN3. The van der Waals surface area contributed by atoms with Crippen LogP contribution in [-0.2, 0) is 6.54 Å². The Morgan fingerprint density at radius 1 is 1.47 bits per heavy atom. The van der Waals surface area contributed by atoms with Crippen molar-refractivity contribution in [2.45, 2.75) is 6.54 Å². The van der Waals surface area contributed by atoms with E-state index < -0.39 is 0 Å². The highest BCUT2D eigenvalue weighted by Crippen LogP contribution is 2.26. The summed E-state index contributed by atoms with van der Waals surface area (Å²) in [5, 5.41) is 0.349. The Morgan fingerprint density at radius 3 is 2.87 bits per heavy atom. The second kappa shape index (κ2) is 4.00. The lowest BCUT2D eigenvalue weighted by Gasteiger charge is -2.00. The van der Waals surface area contributed by atoms with E-state index in [9.17, 15) is 4.39 Å². The van der Waals surface area contributed by atoms with Crippen molar-refractivity contribution in [1.29, 1.82) is 0 Å². The van der Waals surface area contributed by atoms with E-state index in [4.69, 9.17) is 17.3 Å². The molecule has 0 aliphatic rings. The van der Waals surface area contributed by atoms with Crippen LogP contribution in [0.4, 0.5) is 4.39 Å². The van der Waals surface area contributed by atoms with Gasteiger partial charge in [-0.1, -0.05) is 11.6 Å². The summed E-state index contributed by atoms with van der Waals surface area (Å²) < 4.78 is 12.8. The summed E-state index contributed by atoms with van der Waals surface area (Å²) in [5.74, 6) is 0.313. The number of H-pyrrole nitrogens is 1. The largest absolute Gasteiger partial charge is 0.341 e. The van der Waals surface area contributed by atoms with Crippen molar-refractivity contribution in [2.24, 2.45) is 5.73 Å². The van der Waals surface area contributed by atoms with Crippen LogP contribution in [-0.4, -0.2) is 9.97 Å². The van der Waals surface area contributed by atoms with Gasteiger partial charge in [0, 0.05) is 5.56 Å². The van der Waals surface area contributed by atoms with Gasteiger partial charge in [0.05, 0.1) is 23.5 Å². The molecule has 0 atom stereocenters. The molecule has 0 bridgehead atoms. The Bertz CT molecular complexity index is 481. The molecule has 3 nitrogen and oxygen atoms in total. The molecule has 0 spiro atoms. The highest BCUT2D eigenvalue weighted by molar-refractivity contribution is 6.33. The van der Waals surface area contributed by atoms with Crippen molar-refractivity contribution in [2.75, 3.05) is 0 Å². The van der Waals surface area contributed by atoms with Crippen molar-refractivity contribution in [3.8, 4) is 11.3 Å². The van der Waals surface area contributed by atoms with E-state index in [0.717, 1.165) is 5.69 Å². The average Bonchev–Trinajstić information content (AvgIpc) is 2.66. The number of hydrogen-bond acceptors (Lipinski definition) is 2. The molecule has 0 saturated carbocycles. The SMILES string of the molecule is NCc1ncc(-c2ccc(F)cc2Cl)[nH]1. The minimum absolute atomic E-state index is 0.332. The van der Waals surface area contributed by atoms with Gasteiger partial charge in [0.2, 0.25) is 0 Å². The lowest BCUT2D eigenvalue weighted by molar-refractivity contribution is 0.628. The summed E-state index contributed by atoms with van der Waals surface area (Å²) in [6.45, 7) is 0.332. The van der Waals surface area contributed by atoms with E-state index in [1.54, 1.807) is 12.3 Å². The topological polar surface area (TPSA) is 54.7 Å². The van der Waals surface area contributed by atoms with Crippen LogP contribution in [0.15, 0.2) is 24.4 Å². The fraction of sp³-hybridized carbons (Fsp3) is 0.100. The Balaban J connectivity index is 2.44. The predicted octanol–water partition coefficient (Wildman–Crippen LogP) is 2.33. The van der Waals surface area contributed by atoms with Gasteiger partial charge < -0.3 is 10.7 Å². The number of imidazole rings is 1. The van der Waals surface area contributed by atoms with Crippen molar-refractivity contribution in [3.05, 3.63) is 41.1 Å². The maximum absolute atomic E-state index is 12.8.